The van der Waals surface area contributed by atoms with Crippen molar-refractivity contribution in [3.63, 3.8) is 0 Å². The fraction of sp³-hybridized carbons (Fsp3) is 0.357. The number of nitrogen functional groups attached to an aromatic ring is 1. The first-order chi connectivity index (χ1) is 8.38. The lowest BCUT2D eigenvalue weighted by molar-refractivity contribution is 0.217. The van der Waals surface area contributed by atoms with Gasteiger partial charge in [-0.1, -0.05) is 24.3 Å². The average molecular weight is 247 g/mol. The topological polar surface area (TPSA) is 43.8 Å². The molecule has 0 aliphatic heterocycles. The summed E-state index contributed by atoms with van der Waals surface area (Å²) in [4.78, 5) is 0. The predicted octanol–water partition coefficient (Wildman–Crippen LogP) is 2.96. The summed E-state index contributed by atoms with van der Waals surface area (Å²) in [6.45, 7) is 3.16. The minimum atomic E-state index is -1.24. The van der Waals surface area contributed by atoms with Gasteiger partial charge >= 0.3 is 0 Å². The van der Waals surface area contributed by atoms with E-state index in [1.54, 1.807) is 31.8 Å². The number of hydrogen-bond acceptors (Lipinski definition) is 2. The molecule has 0 atom stereocenters. The molecule has 0 spiro atoms. The molecule has 1 heterocycles. The Morgan fingerprint density at radius 1 is 1.28 bits per heavy atom. The fourth-order valence-electron chi connectivity index (χ4n) is 2.04. The second-order valence-corrected chi connectivity index (χ2v) is 5.12. The molecular formula is C14H18FN3. The quantitative estimate of drug-likeness (QED) is 0.906. The van der Waals surface area contributed by atoms with E-state index in [4.69, 9.17) is 5.73 Å². The van der Waals surface area contributed by atoms with Crippen molar-refractivity contribution in [2.45, 2.75) is 25.9 Å². The van der Waals surface area contributed by atoms with Gasteiger partial charge in [-0.2, -0.15) is 5.10 Å². The van der Waals surface area contributed by atoms with E-state index in [2.05, 4.69) is 5.10 Å². The van der Waals surface area contributed by atoms with Crippen LogP contribution in [0.3, 0.4) is 0 Å². The predicted molar refractivity (Wildman–Crippen MR) is 71.9 cm³/mol. The minimum Gasteiger partial charge on any atom is -0.383 e. The molecule has 4 heteroatoms. The molecule has 0 saturated heterocycles. The Bertz CT molecular complexity index is 552. The first-order valence-electron chi connectivity index (χ1n) is 5.93. The molecule has 2 N–H and O–H groups in total. The Balaban J connectivity index is 2.48. The van der Waals surface area contributed by atoms with E-state index in [0.717, 1.165) is 16.7 Å². The highest BCUT2D eigenvalue weighted by molar-refractivity contribution is 5.76. The highest BCUT2D eigenvalue weighted by Crippen LogP contribution is 2.31. The molecule has 0 amide bonds. The third-order valence-electron chi connectivity index (χ3n) is 2.90. The minimum absolute atomic E-state index is 0.359. The first-order valence-corrected chi connectivity index (χ1v) is 5.93. The van der Waals surface area contributed by atoms with E-state index in [1.807, 2.05) is 24.3 Å². The van der Waals surface area contributed by atoms with Gasteiger partial charge in [0.25, 0.3) is 0 Å². The van der Waals surface area contributed by atoms with E-state index < -0.39 is 5.67 Å². The average Bonchev–Trinajstić information content (AvgIpc) is 2.59. The van der Waals surface area contributed by atoms with Crippen molar-refractivity contribution >= 4 is 5.82 Å². The molecule has 18 heavy (non-hydrogen) atoms. The van der Waals surface area contributed by atoms with Gasteiger partial charge in [-0.25, -0.2) is 4.39 Å². The molecule has 2 rings (SSSR count). The fourth-order valence-corrected chi connectivity index (χ4v) is 2.04. The van der Waals surface area contributed by atoms with Gasteiger partial charge < -0.3 is 5.73 Å². The third kappa shape index (κ3) is 2.53. The lowest BCUT2D eigenvalue weighted by atomic mass is 9.93. The Hall–Kier alpha value is -1.84. The molecule has 3 nitrogen and oxygen atoms in total. The molecule has 0 bridgehead atoms. The summed E-state index contributed by atoms with van der Waals surface area (Å²) >= 11 is 0. The molecule has 0 fully saturated rings. The Labute approximate surface area is 106 Å². The monoisotopic (exact) mass is 247 g/mol. The summed E-state index contributed by atoms with van der Waals surface area (Å²) in [6, 6.07) is 7.73. The van der Waals surface area contributed by atoms with Crippen LogP contribution in [-0.4, -0.2) is 15.4 Å². The standard InChI is InChI=1S/C14H18FN3/c1-14(2,15)8-10-6-4-5-7-11(10)12-9-17-18(3)13(12)16/h4-7,9H,8,16H2,1-3H3. The molecule has 0 radical (unpaired) electrons. The van der Waals surface area contributed by atoms with Crippen molar-refractivity contribution in [1.82, 2.24) is 9.78 Å². The van der Waals surface area contributed by atoms with Crippen molar-refractivity contribution in [3.8, 4) is 11.1 Å². The van der Waals surface area contributed by atoms with Gasteiger partial charge in [0, 0.05) is 19.0 Å². The number of halogens is 1. The largest absolute Gasteiger partial charge is 0.383 e. The van der Waals surface area contributed by atoms with Crippen LogP contribution in [-0.2, 0) is 13.5 Å². The molecule has 0 aliphatic rings. The van der Waals surface area contributed by atoms with E-state index >= 15 is 0 Å². The third-order valence-corrected chi connectivity index (χ3v) is 2.90. The van der Waals surface area contributed by atoms with Crippen molar-refractivity contribution in [2.75, 3.05) is 5.73 Å². The number of benzene rings is 1. The first kappa shape index (κ1) is 12.6. The normalized spacial score (nSPS) is 11.8. The molecule has 0 unspecified atom stereocenters. The summed E-state index contributed by atoms with van der Waals surface area (Å²) in [7, 11) is 1.79. The number of nitrogens with zero attached hydrogens (tertiary/aromatic N) is 2. The molecule has 1 aromatic heterocycles. The SMILES string of the molecule is Cn1ncc(-c2ccccc2CC(C)(C)F)c1N. The van der Waals surface area contributed by atoms with Crippen LogP contribution in [0, 0.1) is 0 Å². The summed E-state index contributed by atoms with van der Waals surface area (Å²) in [5, 5.41) is 4.13. The van der Waals surface area contributed by atoms with Crippen molar-refractivity contribution in [2.24, 2.45) is 7.05 Å². The van der Waals surface area contributed by atoms with Crippen LogP contribution in [0.15, 0.2) is 30.5 Å². The molecule has 2 aromatic rings. The van der Waals surface area contributed by atoms with Gasteiger partial charge in [0.1, 0.15) is 11.5 Å². The van der Waals surface area contributed by atoms with Crippen LogP contribution in [0.4, 0.5) is 10.2 Å². The number of aryl methyl sites for hydroxylation is 1. The summed E-state index contributed by atoms with van der Waals surface area (Å²) in [5.41, 5.74) is 7.49. The summed E-state index contributed by atoms with van der Waals surface area (Å²) < 4.78 is 15.4. The van der Waals surface area contributed by atoms with Crippen LogP contribution in [0.1, 0.15) is 19.4 Å². The van der Waals surface area contributed by atoms with Crippen molar-refractivity contribution in [3.05, 3.63) is 36.0 Å². The molecule has 1 aromatic carbocycles. The number of aromatic nitrogens is 2. The Morgan fingerprint density at radius 3 is 2.50 bits per heavy atom. The number of hydrogen-bond donors (Lipinski definition) is 1. The number of alkyl halides is 1. The van der Waals surface area contributed by atoms with E-state index in [1.165, 1.54) is 0 Å². The van der Waals surface area contributed by atoms with E-state index in [-0.39, 0.29) is 0 Å². The zero-order valence-electron chi connectivity index (χ0n) is 10.9. The maximum absolute atomic E-state index is 13.8. The molecule has 0 saturated carbocycles. The number of anilines is 1. The second kappa shape index (κ2) is 4.44. The number of nitrogens with two attached hydrogens (primary N) is 1. The zero-order valence-corrected chi connectivity index (χ0v) is 10.9. The van der Waals surface area contributed by atoms with Gasteiger partial charge in [0.2, 0.25) is 0 Å². The maximum atomic E-state index is 13.8. The van der Waals surface area contributed by atoms with E-state index in [0.29, 0.717) is 12.2 Å². The van der Waals surface area contributed by atoms with Gasteiger partial charge in [0.05, 0.1) is 6.20 Å². The highest BCUT2D eigenvalue weighted by atomic mass is 19.1. The highest BCUT2D eigenvalue weighted by Gasteiger charge is 2.20. The lowest BCUT2D eigenvalue weighted by Crippen LogP contribution is -2.16. The van der Waals surface area contributed by atoms with Crippen LogP contribution in [0.5, 0.6) is 0 Å². The van der Waals surface area contributed by atoms with Crippen LogP contribution >= 0.6 is 0 Å². The van der Waals surface area contributed by atoms with Gasteiger partial charge in [-0.3, -0.25) is 4.68 Å². The van der Waals surface area contributed by atoms with Crippen LogP contribution in [0.25, 0.3) is 11.1 Å². The Morgan fingerprint density at radius 2 is 1.94 bits per heavy atom. The smallest absolute Gasteiger partial charge is 0.129 e. The zero-order chi connectivity index (χ0) is 13.3. The molecule has 0 aliphatic carbocycles. The maximum Gasteiger partial charge on any atom is 0.129 e. The van der Waals surface area contributed by atoms with Crippen molar-refractivity contribution < 1.29 is 4.39 Å². The molecular weight excluding hydrogens is 229 g/mol. The summed E-state index contributed by atoms with van der Waals surface area (Å²) in [6.07, 6.45) is 2.08. The number of rotatable bonds is 3. The van der Waals surface area contributed by atoms with Crippen LogP contribution in [0.2, 0.25) is 0 Å². The lowest BCUT2D eigenvalue weighted by Gasteiger charge is -2.16. The van der Waals surface area contributed by atoms with Gasteiger partial charge in [0.15, 0.2) is 0 Å². The van der Waals surface area contributed by atoms with Crippen molar-refractivity contribution in [1.29, 1.82) is 0 Å². The van der Waals surface area contributed by atoms with Gasteiger partial charge in [-0.15, -0.1) is 0 Å². The molecule has 96 valence electrons. The summed E-state index contributed by atoms with van der Waals surface area (Å²) in [5.74, 6) is 0.596. The van der Waals surface area contributed by atoms with Crippen LogP contribution < -0.4 is 5.73 Å². The van der Waals surface area contributed by atoms with E-state index in [9.17, 15) is 4.39 Å². The van der Waals surface area contributed by atoms with Gasteiger partial charge in [-0.05, 0) is 25.0 Å². The second-order valence-electron chi connectivity index (χ2n) is 5.12. The Kier molecular flexibility index (Phi) is 3.11.